The van der Waals surface area contributed by atoms with E-state index in [9.17, 15) is 14.0 Å². The van der Waals surface area contributed by atoms with Crippen LogP contribution in [-0.2, 0) is 9.59 Å². The first kappa shape index (κ1) is 21.7. The second-order valence-electron chi connectivity index (χ2n) is 6.10. The SMILES string of the molecule is CC(C)N(CC(=O)Nc1ccc(F)cc1)C(=O)CC1CSCCN1.Cl. The lowest BCUT2D eigenvalue weighted by Crippen LogP contribution is -2.47. The van der Waals surface area contributed by atoms with Gasteiger partial charge in [0.15, 0.2) is 0 Å². The molecule has 0 aromatic heterocycles. The predicted octanol–water partition coefficient (Wildman–Crippen LogP) is 2.52. The number of nitrogens with one attached hydrogen (secondary N) is 2. The van der Waals surface area contributed by atoms with Gasteiger partial charge in [0.25, 0.3) is 0 Å². The summed E-state index contributed by atoms with van der Waals surface area (Å²) in [7, 11) is 0. The molecule has 2 amide bonds. The summed E-state index contributed by atoms with van der Waals surface area (Å²) >= 11 is 1.84. The van der Waals surface area contributed by atoms with E-state index in [2.05, 4.69) is 10.6 Å². The minimum absolute atomic E-state index is 0. The summed E-state index contributed by atoms with van der Waals surface area (Å²) in [6, 6.07) is 5.67. The molecule has 1 aliphatic rings. The normalized spacial score (nSPS) is 16.9. The first-order valence-electron chi connectivity index (χ1n) is 8.11. The molecule has 1 fully saturated rings. The number of hydrogen-bond acceptors (Lipinski definition) is 4. The van der Waals surface area contributed by atoms with Crippen molar-refractivity contribution in [1.29, 1.82) is 0 Å². The second-order valence-corrected chi connectivity index (χ2v) is 7.25. The number of halogens is 2. The van der Waals surface area contributed by atoms with Gasteiger partial charge in [-0.15, -0.1) is 12.4 Å². The van der Waals surface area contributed by atoms with Gasteiger partial charge in [0, 0.05) is 42.2 Å². The Labute approximate surface area is 158 Å². The van der Waals surface area contributed by atoms with E-state index >= 15 is 0 Å². The Kier molecular flexibility index (Phi) is 9.24. The third-order valence-electron chi connectivity index (χ3n) is 3.81. The quantitative estimate of drug-likeness (QED) is 0.784. The second kappa shape index (κ2) is 10.6. The Hall–Kier alpha value is -1.31. The lowest BCUT2D eigenvalue weighted by atomic mass is 10.2. The average Bonchev–Trinajstić information content (AvgIpc) is 2.55. The Balaban J connectivity index is 0.00000312. The maximum atomic E-state index is 12.9. The first-order valence-corrected chi connectivity index (χ1v) is 9.27. The van der Waals surface area contributed by atoms with Gasteiger partial charge in [-0.25, -0.2) is 4.39 Å². The van der Waals surface area contributed by atoms with Crippen molar-refractivity contribution in [2.45, 2.75) is 32.4 Å². The monoisotopic (exact) mass is 389 g/mol. The summed E-state index contributed by atoms with van der Waals surface area (Å²) in [5, 5.41) is 6.03. The van der Waals surface area contributed by atoms with Crippen molar-refractivity contribution >= 4 is 41.7 Å². The van der Waals surface area contributed by atoms with Gasteiger partial charge in [-0.1, -0.05) is 0 Å². The van der Waals surface area contributed by atoms with Crippen LogP contribution >= 0.6 is 24.2 Å². The smallest absolute Gasteiger partial charge is 0.244 e. The van der Waals surface area contributed by atoms with Crippen molar-refractivity contribution in [1.82, 2.24) is 10.2 Å². The highest BCUT2D eigenvalue weighted by atomic mass is 35.5. The summed E-state index contributed by atoms with van der Waals surface area (Å²) in [5.74, 6) is 1.32. The van der Waals surface area contributed by atoms with Gasteiger partial charge >= 0.3 is 0 Å². The molecule has 1 aliphatic heterocycles. The van der Waals surface area contributed by atoms with Crippen molar-refractivity contribution in [3.63, 3.8) is 0 Å². The summed E-state index contributed by atoms with van der Waals surface area (Å²) in [6.07, 6.45) is 0.398. The summed E-state index contributed by atoms with van der Waals surface area (Å²) in [4.78, 5) is 26.3. The lowest BCUT2D eigenvalue weighted by Gasteiger charge is -2.29. The molecule has 1 heterocycles. The standard InChI is InChI=1S/C17H24FN3O2S.ClH/c1-12(2)21(17(23)9-15-11-24-8-7-19-15)10-16(22)20-14-5-3-13(18)4-6-14;/h3-6,12,15,19H,7-11H2,1-2H3,(H,20,22);1H. The molecule has 1 atom stereocenters. The molecule has 2 rings (SSSR count). The largest absolute Gasteiger partial charge is 0.331 e. The van der Waals surface area contributed by atoms with Crippen LogP contribution in [0, 0.1) is 5.82 Å². The van der Waals surface area contributed by atoms with Gasteiger partial charge in [-0.3, -0.25) is 9.59 Å². The molecular formula is C17H25ClFN3O2S. The zero-order valence-electron chi connectivity index (χ0n) is 14.5. The van der Waals surface area contributed by atoms with Crippen LogP contribution < -0.4 is 10.6 Å². The maximum absolute atomic E-state index is 12.9. The fourth-order valence-corrected chi connectivity index (χ4v) is 3.48. The van der Waals surface area contributed by atoms with E-state index in [1.807, 2.05) is 25.6 Å². The van der Waals surface area contributed by atoms with Gasteiger partial charge < -0.3 is 15.5 Å². The highest BCUT2D eigenvalue weighted by Crippen LogP contribution is 2.13. The minimum Gasteiger partial charge on any atom is -0.331 e. The van der Waals surface area contributed by atoms with Crippen molar-refractivity contribution < 1.29 is 14.0 Å². The predicted molar refractivity (Wildman–Crippen MR) is 103 cm³/mol. The Bertz CT molecular complexity index is 566. The molecule has 1 saturated heterocycles. The molecule has 0 aliphatic carbocycles. The molecular weight excluding hydrogens is 365 g/mol. The Morgan fingerprint density at radius 2 is 2.04 bits per heavy atom. The molecule has 0 radical (unpaired) electrons. The molecule has 8 heteroatoms. The Morgan fingerprint density at radius 1 is 1.36 bits per heavy atom. The van der Waals surface area contributed by atoms with Crippen molar-refractivity contribution in [3.8, 4) is 0 Å². The van der Waals surface area contributed by atoms with E-state index in [0.29, 0.717) is 12.1 Å². The van der Waals surface area contributed by atoms with Crippen molar-refractivity contribution in [3.05, 3.63) is 30.1 Å². The first-order chi connectivity index (χ1) is 11.5. The zero-order valence-corrected chi connectivity index (χ0v) is 16.1. The third-order valence-corrected chi connectivity index (χ3v) is 4.94. The van der Waals surface area contributed by atoms with Gasteiger partial charge in [0.2, 0.25) is 11.8 Å². The van der Waals surface area contributed by atoms with E-state index in [0.717, 1.165) is 18.1 Å². The van der Waals surface area contributed by atoms with Crippen LogP contribution in [0.5, 0.6) is 0 Å². The molecule has 25 heavy (non-hydrogen) atoms. The number of thioether (sulfide) groups is 1. The van der Waals surface area contributed by atoms with E-state index in [1.165, 1.54) is 24.3 Å². The van der Waals surface area contributed by atoms with E-state index in [1.54, 1.807) is 4.90 Å². The lowest BCUT2D eigenvalue weighted by molar-refractivity contribution is -0.136. The van der Waals surface area contributed by atoms with Gasteiger partial charge in [0.05, 0.1) is 0 Å². The van der Waals surface area contributed by atoms with Crippen LogP contribution in [0.1, 0.15) is 20.3 Å². The topological polar surface area (TPSA) is 61.4 Å². The van der Waals surface area contributed by atoms with Crippen LogP contribution in [-0.4, -0.2) is 53.4 Å². The molecule has 0 spiro atoms. The van der Waals surface area contributed by atoms with E-state index in [-0.39, 0.29) is 48.7 Å². The summed E-state index contributed by atoms with van der Waals surface area (Å²) < 4.78 is 12.9. The van der Waals surface area contributed by atoms with Gasteiger partial charge in [-0.2, -0.15) is 11.8 Å². The van der Waals surface area contributed by atoms with E-state index in [4.69, 9.17) is 0 Å². The third kappa shape index (κ3) is 7.22. The number of benzene rings is 1. The zero-order chi connectivity index (χ0) is 17.5. The maximum Gasteiger partial charge on any atom is 0.244 e. The Morgan fingerprint density at radius 3 is 2.60 bits per heavy atom. The highest BCUT2D eigenvalue weighted by Gasteiger charge is 2.24. The molecule has 1 aromatic carbocycles. The number of carbonyl (C=O) groups is 2. The number of rotatable bonds is 6. The average molecular weight is 390 g/mol. The number of nitrogens with zero attached hydrogens (tertiary/aromatic N) is 1. The highest BCUT2D eigenvalue weighted by molar-refractivity contribution is 7.99. The van der Waals surface area contributed by atoms with Crippen molar-refractivity contribution in [2.24, 2.45) is 0 Å². The molecule has 0 bridgehead atoms. The molecule has 1 aromatic rings. The van der Waals surface area contributed by atoms with Crippen LogP contribution in [0.4, 0.5) is 10.1 Å². The molecule has 1 unspecified atom stereocenters. The molecule has 0 saturated carbocycles. The minimum atomic E-state index is -0.357. The number of carbonyl (C=O) groups excluding carboxylic acids is 2. The van der Waals surface area contributed by atoms with Crippen LogP contribution in [0.15, 0.2) is 24.3 Å². The van der Waals surface area contributed by atoms with Crippen molar-refractivity contribution in [2.75, 3.05) is 29.9 Å². The number of amides is 2. The van der Waals surface area contributed by atoms with Gasteiger partial charge in [0.1, 0.15) is 12.4 Å². The summed E-state index contributed by atoms with van der Waals surface area (Å²) in [5.41, 5.74) is 0.517. The van der Waals surface area contributed by atoms with Gasteiger partial charge in [-0.05, 0) is 38.1 Å². The molecule has 140 valence electrons. The number of hydrogen-bond donors (Lipinski definition) is 2. The fourth-order valence-electron chi connectivity index (χ4n) is 2.53. The molecule has 5 nitrogen and oxygen atoms in total. The fraction of sp³-hybridized carbons (Fsp3) is 0.529. The van der Waals surface area contributed by atoms with Crippen LogP contribution in [0.3, 0.4) is 0 Å². The van der Waals surface area contributed by atoms with Crippen LogP contribution in [0.25, 0.3) is 0 Å². The number of anilines is 1. The van der Waals surface area contributed by atoms with E-state index < -0.39 is 0 Å². The van der Waals surface area contributed by atoms with Crippen LogP contribution in [0.2, 0.25) is 0 Å². The summed E-state index contributed by atoms with van der Waals surface area (Å²) in [6.45, 7) is 4.70. The molecule has 2 N–H and O–H groups in total.